The van der Waals surface area contributed by atoms with E-state index in [4.69, 9.17) is 17.3 Å². The van der Waals surface area contributed by atoms with Gasteiger partial charge in [-0.05, 0) is 11.6 Å². The van der Waals surface area contributed by atoms with Gasteiger partial charge >= 0.3 is 5.92 Å². The van der Waals surface area contributed by atoms with E-state index in [2.05, 4.69) is 15.0 Å². The number of alkyl halides is 2. The molecular weight excluding hydrogens is 190 g/mol. The number of hydrogen-bond donors (Lipinski definition) is 1. The molecule has 4 nitrogen and oxygen atoms in total. The lowest BCUT2D eigenvalue weighted by atomic mass is 10.4. The molecule has 1 heterocycles. The number of nitrogens with two attached hydrogens (primary N) is 1. The molecule has 12 heavy (non-hydrogen) atoms. The summed E-state index contributed by atoms with van der Waals surface area (Å²) in [6.45, 7) is 0.651. The van der Waals surface area contributed by atoms with Gasteiger partial charge in [0.25, 0.3) is 0 Å². The molecule has 7 heteroatoms. The maximum absolute atomic E-state index is 12.5. The van der Waals surface area contributed by atoms with E-state index in [9.17, 15) is 8.78 Å². The highest BCUT2D eigenvalue weighted by Gasteiger charge is 2.29. The molecular formula is C5H5ClF2N4. The van der Waals surface area contributed by atoms with E-state index in [0.717, 1.165) is 0 Å². The average molecular weight is 195 g/mol. The van der Waals surface area contributed by atoms with Crippen molar-refractivity contribution >= 4 is 17.5 Å². The van der Waals surface area contributed by atoms with Crippen LogP contribution in [0.3, 0.4) is 0 Å². The Morgan fingerprint density at radius 3 is 2.33 bits per heavy atom. The van der Waals surface area contributed by atoms with Gasteiger partial charge in [0, 0.05) is 6.92 Å². The van der Waals surface area contributed by atoms with Crippen molar-refractivity contribution in [1.29, 1.82) is 0 Å². The Labute approximate surface area is 71.8 Å². The predicted molar refractivity (Wildman–Crippen MR) is 38.8 cm³/mol. The smallest absolute Gasteiger partial charge is 0.304 e. The van der Waals surface area contributed by atoms with Crippen LogP contribution in [-0.4, -0.2) is 15.0 Å². The molecule has 0 fully saturated rings. The molecule has 0 saturated heterocycles. The second-order valence-corrected chi connectivity index (χ2v) is 2.51. The van der Waals surface area contributed by atoms with Crippen molar-refractivity contribution < 1.29 is 8.78 Å². The SMILES string of the molecule is CC(F)(F)c1nc(N)nc(Cl)n1. The largest absolute Gasteiger partial charge is 0.368 e. The minimum Gasteiger partial charge on any atom is -0.368 e. The Hall–Kier alpha value is -1.04. The number of nitrogens with zero attached hydrogens (tertiary/aromatic N) is 3. The number of nitrogen functional groups attached to an aromatic ring is 1. The van der Waals surface area contributed by atoms with Crippen molar-refractivity contribution in [2.24, 2.45) is 0 Å². The first-order chi connectivity index (χ1) is 5.39. The van der Waals surface area contributed by atoms with Crippen molar-refractivity contribution in [2.45, 2.75) is 12.8 Å². The van der Waals surface area contributed by atoms with Gasteiger partial charge in [-0.3, -0.25) is 0 Å². The molecule has 2 N–H and O–H groups in total. The van der Waals surface area contributed by atoms with E-state index in [1.807, 2.05) is 0 Å². The van der Waals surface area contributed by atoms with Gasteiger partial charge in [-0.2, -0.15) is 23.7 Å². The lowest BCUT2D eigenvalue weighted by Crippen LogP contribution is -2.15. The first-order valence-corrected chi connectivity index (χ1v) is 3.33. The molecule has 0 spiro atoms. The Morgan fingerprint density at radius 2 is 1.92 bits per heavy atom. The molecule has 1 rings (SSSR count). The van der Waals surface area contributed by atoms with E-state index >= 15 is 0 Å². The quantitative estimate of drug-likeness (QED) is 0.730. The molecule has 0 aliphatic carbocycles. The fourth-order valence-electron chi connectivity index (χ4n) is 0.562. The molecule has 0 unspecified atom stereocenters. The van der Waals surface area contributed by atoms with Crippen LogP contribution in [0.1, 0.15) is 12.7 Å². The highest BCUT2D eigenvalue weighted by atomic mass is 35.5. The van der Waals surface area contributed by atoms with E-state index in [-0.39, 0.29) is 11.2 Å². The van der Waals surface area contributed by atoms with Gasteiger partial charge in [0.05, 0.1) is 0 Å². The Morgan fingerprint density at radius 1 is 1.33 bits per heavy atom. The number of aromatic nitrogens is 3. The van der Waals surface area contributed by atoms with E-state index in [0.29, 0.717) is 6.92 Å². The summed E-state index contributed by atoms with van der Waals surface area (Å²) in [6.07, 6.45) is 0. The third-order valence-corrected chi connectivity index (χ3v) is 1.19. The Bertz CT molecular complexity index is 278. The number of anilines is 1. The van der Waals surface area contributed by atoms with Gasteiger partial charge < -0.3 is 5.73 Å². The summed E-state index contributed by atoms with van der Waals surface area (Å²) < 4.78 is 25.1. The molecule has 0 atom stereocenters. The normalized spacial score (nSPS) is 11.7. The molecule has 0 radical (unpaired) electrons. The zero-order chi connectivity index (χ0) is 9.35. The summed E-state index contributed by atoms with van der Waals surface area (Å²) in [5.41, 5.74) is 5.08. The van der Waals surface area contributed by atoms with Gasteiger partial charge in [-0.1, -0.05) is 0 Å². The first kappa shape index (κ1) is 9.05. The van der Waals surface area contributed by atoms with E-state index in [1.165, 1.54) is 0 Å². The average Bonchev–Trinajstić information content (AvgIpc) is 1.82. The molecule has 66 valence electrons. The highest BCUT2D eigenvalue weighted by molar-refractivity contribution is 6.28. The zero-order valence-corrected chi connectivity index (χ0v) is 6.81. The predicted octanol–water partition coefficient (Wildman–Crippen LogP) is 1.22. The summed E-state index contributed by atoms with van der Waals surface area (Å²) in [5.74, 6) is -4.19. The third kappa shape index (κ3) is 1.97. The van der Waals surface area contributed by atoms with E-state index < -0.39 is 11.7 Å². The van der Waals surface area contributed by atoms with Crippen LogP contribution in [0.15, 0.2) is 0 Å². The van der Waals surface area contributed by atoms with Crippen LogP contribution in [0, 0.1) is 0 Å². The van der Waals surface area contributed by atoms with Crippen LogP contribution in [0.2, 0.25) is 5.28 Å². The maximum Gasteiger partial charge on any atom is 0.304 e. The first-order valence-electron chi connectivity index (χ1n) is 2.95. The lowest BCUT2D eigenvalue weighted by molar-refractivity contribution is 0.00762. The van der Waals surface area contributed by atoms with Crippen LogP contribution >= 0.6 is 11.6 Å². The summed E-state index contributed by atoms with van der Waals surface area (Å²) >= 11 is 5.28. The van der Waals surface area contributed by atoms with Crippen LogP contribution < -0.4 is 5.73 Å². The summed E-state index contributed by atoms with van der Waals surface area (Å²) in [4.78, 5) is 9.78. The molecule has 0 aromatic carbocycles. The second-order valence-electron chi connectivity index (χ2n) is 2.17. The monoisotopic (exact) mass is 194 g/mol. The van der Waals surface area contributed by atoms with Crippen molar-refractivity contribution in [3.05, 3.63) is 11.1 Å². The van der Waals surface area contributed by atoms with Crippen LogP contribution in [-0.2, 0) is 5.92 Å². The minimum absolute atomic E-state index is 0.313. The van der Waals surface area contributed by atoms with Crippen LogP contribution in [0.4, 0.5) is 14.7 Å². The van der Waals surface area contributed by atoms with Crippen LogP contribution in [0.25, 0.3) is 0 Å². The highest BCUT2D eigenvalue weighted by Crippen LogP contribution is 2.24. The van der Waals surface area contributed by atoms with Gasteiger partial charge in [-0.25, -0.2) is 0 Å². The van der Waals surface area contributed by atoms with Crippen LogP contribution in [0.5, 0.6) is 0 Å². The molecule has 0 aliphatic rings. The van der Waals surface area contributed by atoms with Gasteiger partial charge in [0.2, 0.25) is 17.1 Å². The number of hydrogen-bond acceptors (Lipinski definition) is 4. The van der Waals surface area contributed by atoms with Crippen molar-refractivity contribution in [3.63, 3.8) is 0 Å². The summed E-state index contributed by atoms with van der Waals surface area (Å²) in [6, 6.07) is 0. The number of halogens is 3. The van der Waals surface area contributed by atoms with E-state index in [1.54, 1.807) is 0 Å². The fourth-order valence-corrected chi connectivity index (χ4v) is 0.728. The molecule has 0 aliphatic heterocycles. The Kier molecular flexibility index (Phi) is 2.10. The number of rotatable bonds is 1. The standard InChI is InChI=1S/C5H5ClF2N4/c1-5(7,8)2-10-3(6)12-4(9)11-2/h1H3,(H2,9,10,11,12). The molecule has 0 saturated carbocycles. The second kappa shape index (κ2) is 2.78. The third-order valence-electron chi connectivity index (χ3n) is 1.02. The van der Waals surface area contributed by atoms with Gasteiger partial charge in [0.1, 0.15) is 0 Å². The maximum atomic E-state index is 12.5. The van der Waals surface area contributed by atoms with Gasteiger partial charge in [-0.15, -0.1) is 0 Å². The summed E-state index contributed by atoms with van der Waals surface area (Å²) in [7, 11) is 0. The Balaban J connectivity index is 3.18. The molecule has 1 aromatic rings. The van der Waals surface area contributed by atoms with Crippen molar-refractivity contribution in [1.82, 2.24) is 15.0 Å². The fraction of sp³-hybridized carbons (Fsp3) is 0.400. The van der Waals surface area contributed by atoms with Gasteiger partial charge in [0.15, 0.2) is 0 Å². The summed E-state index contributed by atoms with van der Waals surface area (Å²) in [5, 5.41) is -0.334. The zero-order valence-electron chi connectivity index (χ0n) is 6.05. The van der Waals surface area contributed by atoms with Crippen molar-refractivity contribution in [2.75, 3.05) is 5.73 Å². The minimum atomic E-state index is -3.15. The lowest BCUT2D eigenvalue weighted by Gasteiger charge is -2.07. The molecule has 0 bridgehead atoms. The van der Waals surface area contributed by atoms with Crippen molar-refractivity contribution in [3.8, 4) is 0 Å². The molecule has 1 aromatic heterocycles. The molecule has 0 amide bonds. The topological polar surface area (TPSA) is 64.7 Å².